The molecule has 1 saturated carbocycles. The molecule has 0 saturated heterocycles. The minimum absolute atomic E-state index is 0.465. The standard InChI is InChI=1S/C22H20N8/c1-2-6-15(7-3-1)19-20(24-11-10-23-19)21-25-12-17-22(27-21)29(16-8-4-5-9-16)13-18-28-26-14-30(17)18/h1-3,6-7,10-12,14,16H,4-5,8-9,13H2. The Morgan fingerprint density at radius 2 is 1.70 bits per heavy atom. The van der Waals surface area contributed by atoms with Gasteiger partial charge in [0.05, 0.1) is 18.4 Å². The lowest BCUT2D eigenvalue weighted by molar-refractivity contribution is 0.567. The SMILES string of the molecule is c1ccc(-c2nccnc2-c2ncc3c(n2)N(C2CCCC2)Cc2nncn2-3)cc1. The third kappa shape index (κ3) is 2.75. The average molecular weight is 396 g/mol. The minimum Gasteiger partial charge on any atom is -0.344 e. The summed E-state index contributed by atoms with van der Waals surface area (Å²) in [5.74, 6) is 2.43. The van der Waals surface area contributed by atoms with E-state index in [-0.39, 0.29) is 0 Å². The van der Waals surface area contributed by atoms with Crippen LogP contribution in [-0.4, -0.2) is 40.7 Å². The van der Waals surface area contributed by atoms with Crippen molar-refractivity contribution < 1.29 is 0 Å². The van der Waals surface area contributed by atoms with Gasteiger partial charge >= 0.3 is 0 Å². The van der Waals surface area contributed by atoms with Crippen molar-refractivity contribution in [2.45, 2.75) is 38.3 Å². The molecule has 2 aliphatic rings. The fourth-order valence-electron chi connectivity index (χ4n) is 4.48. The van der Waals surface area contributed by atoms with E-state index in [9.17, 15) is 0 Å². The highest BCUT2D eigenvalue weighted by Crippen LogP contribution is 2.37. The molecule has 0 radical (unpaired) electrons. The summed E-state index contributed by atoms with van der Waals surface area (Å²) in [5.41, 5.74) is 3.39. The summed E-state index contributed by atoms with van der Waals surface area (Å²) in [7, 11) is 0. The van der Waals surface area contributed by atoms with E-state index in [1.54, 1.807) is 18.7 Å². The van der Waals surface area contributed by atoms with Gasteiger partial charge in [-0.1, -0.05) is 43.2 Å². The number of benzene rings is 1. The van der Waals surface area contributed by atoms with Crippen molar-refractivity contribution in [2.24, 2.45) is 0 Å². The van der Waals surface area contributed by atoms with E-state index >= 15 is 0 Å². The highest BCUT2D eigenvalue weighted by molar-refractivity contribution is 5.75. The number of aromatic nitrogens is 7. The van der Waals surface area contributed by atoms with E-state index in [1.807, 2.05) is 41.1 Å². The van der Waals surface area contributed by atoms with Crippen LogP contribution >= 0.6 is 0 Å². The van der Waals surface area contributed by atoms with Crippen LogP contribution < -0.4 is 4.90 Å². The predicted molar refractivity (Wildman–Crippen MR) is 112 cm³/mol. The molecule has 148 valence electrons. The fourth-order valence-corrected chi connectivity index (χ4v) is 4.48. The second kappa shape index (κ2) is 6.98. The largest absolute Gasteiger partial charge is 0.344 e. The molecule has 3 aromatic heterocycles. The molecule has 0 N–H and O–H groups in total. The number of hydrogen-bond donors (Lipinski definition) is 0. The zero-order chi connectivity index (χ0) is 19.9. The monoisotopic (exact) mass is 396 g/mol. The van der Waals surface area contributed by atoms with Crippen LogP contribution in [0.5, 0.6) is 0 Å². The highest BCUT2D eigenvalue weighted by atomic mass is 15.4. The first-order chi connectivity index (χ1) is 14.9. The summed E-state index contributed by atoms with van der Waals surface area (Å²) in [6, 6.07) is 10.5. The average Bonchev–Trinajstić information content (AvgIpc) is 3.51. The summed E-state index contributed by atoms with van der Waals surface area (Å²) < 4.78 is 1.99. The summed E-state index contributed by atoms with van der Waals surface area (Å²) >= 11 is 0. The van der Waals surface area contributed by atoms with Crippen molar-refractivity contribution in [3.8, 4) is 28.5 Å². The van der Waals surface area contributed by atoms with Crippen LogP contribution in [0.2, 0.25) is 0 Å². The van der Waals surface area contributed by atoms with Gasteiger partial charge in [0.25, 0.3) is 0 Å². The number of anilines is 1. The Labute approximate surface area is 173 Å². The van der Waals surface area contributed by atoms with E-state index in [4.69, 9.17) is 4.98 Å². The third-order valence-electron chi connectivity index (χ3n) is 5.93. The first-order valence-electron chi connectivity index (χ1n) is 10.3. The van der Waals surface area contributed by atoms with Gasteiger partial charge < -0.3 is 4.90 Å². The van der Waals surface area contributed by atoms with Crippen molar-refractivity contribution >= 4 is 5.82 Å². The first-order valence-corrected chi connectivity index (χ1v) is 10.3. The Hall–Kier alpha value is -3.68. The van der Waals surface area contributed by atoms with Crippen molar-refractivity contribution in [1.82, 2.24) is 34.7 Å². The lowest BCUT2D eigenvalue weighted by Gasteiger charge is -2.34. The van der Waals surface area contributed by atoms with E-state index in [2.05, 4.69) is 30.0 Å². The third-order valence-corrected chi connectivity index (χ3v) is 5.93. The Morgan fingerprint density at radius 3 is 2.53 bits per heavy atom. The van der Waals surface area contributed by atoms with Gasteiger partial charge in [-0.15, -0.1) is 10.2 Å². The number of hydrogen-bond acceptors (Lipinski definition) is 7. The van der Waals surface area contributed by atoms with Gasteiger partial charge in [0, 0.05) is 24.0 Å². The van der Waals surface area contributed by atoms with Gasteiger partial charge in [0.15, 0.2) is 17.5 Å². The lowest BCUT2D eigenvalue weighted by Crippen LogP contribution is -2.38. The fraction of sp³-hybridized carbons (Fsp3) is 0.273. The van der Waals surface area contributed by atoms with Crippen LogP contribution in [0.25, 0.3) is 28.5 Å². The number of nitrogens with zero attached hydrogens (tertiary/aromatic N) is 8. The Balaban J connectivity index is 1.50. The molecule has 1 aromatic carbocycles. The van der Waals surface area contributed by atoms with Gasteiger partial charge in [0.1, 0.15) is 17.7 Å². The lowest BCUT2D eigenvalue weighted by atomic mass is 10.1. The second-order valence-electron chi connectivity index (χ2n) is 7.71. The first kappa shape index (κ1) is 17.2. The van der Waals surface area contributed by atoms with Crippen molar-refractivity contribution in [3.63, 3.8) is 0 Å². The zero-order valence-electron chi connectivity index (χ0n) is 16.4. The molecule has 4 heterocycles. The predicted octanol–water partition coefficient (Wildman–Crippen LogP) is 3.44. The minimum atomic E-state index is 0.465. The Bertz CT molecular complexity index is 1200. The molecule has 0 atom stereocenters. The quantitative estimate of drug-likeness (QED) is 0.524. The van der Waals surface area contributed by atoms with Gasteiger partial charge in [-0.05, 0) is 12.8 Å². The van der Waals surface area contributed by atoms with Crippen LogP contribution in [0.3, 0.4) is 0 Å². The number of fused-ring (bicyclic) bond motifs is 3. The number of rotatable bonds is 3. The van der Waals surface area contributed by atoms with E-state index in [1.165, 1.54) is 25.7 Å². The molecular formula is C22H20N8. The second-order valence-corrected chi connectivity index (χ2v) is 7.71. The molecule has 0 unspecified atom stereocenters. The maximum absolute atomic E-state index is 5.01. The molecular weight excluding hydrogens is 376 g/mol. The van der Waals surface area contributed by atoms with E-state index in [0.29, 0.717) is 24.1 Å². The summed E-state index contributed by atoms with van der Waals surface area (Å²) in [4.78, 5) is 21.2. The molecule has 4 aromatic rings. The zero-order valence-corrected chi connectivity index (χ0v) is 16.4. The molecule has 0 spiro atoms. The summed E-state index contributed by atoms with van der Waals surface area (Å²) in [6.07, 6.45) is 11.8. The molecule has 1 aliphatic heterocycles. The normalized spacial score (nSPS) is 15.8. The topological polar surface area (TPSA) is 85.5 Å². The van der Waals surface area contributed by atoms with Crippen molar-refractivity contribution in [3.05, 3.63) is 61.1 Å². The van der Waals surface area contributed by atoms with Gasteiger partial charge in [-0.3, -0.25) is 9.55 Å². The summed E-state index contributed by atoms with van der Waals surface area (Å²) in [5, 5.41) is 8.41. The molecule has 8 heteroatoms. The maximum atomic E-state index is 5.01. The van der Waals surface area contributed by atoms with Crippen LogP contribution in [0, 0.1) is 0 Å². The molecule has 30 heavy (non-hydrogen) atoms. The Kier molecular flexibility index (Phi) is 4.00. The molecule has 1 aliphatic carbocycles. The highest BCUT2D eigenvalue weighted by Gasteiger charge is 2.32. The molecule has 6 rings (SSSR count). The van der Waals surface area contributed by atoms with Crippen LogP contribution in [0.15, 0.2) is 55.2 Å². The summed E-state index contributed by atoms with van der Waals surface area (Å²) in [6.45, 7) is 0.708. The van der Waals surface area contributed by atoms with Crippen molar-refractivity contribution in [1.29, 1.82) is 0 Å². The van der Waals surface area contributed by atoms with Gasteiger partial charge in [-0.25, -0.2) is 15.0 Å². The van der Waals surface area contributed by atoms with Crippen LogP contribution in [0.1, 0.15) is 31.5 Å². The molecule has 0 amide bonds. The Morgan fingerprint density at radius 1 is 0.900 bits per heavy atom. The van der Waals surface area contributed by atoms with Crippen LogP contribution in [0.4, 0.5) is 5.82 Å². The van der Waals surface area contributed by atoms with Gasteiger partial charge in [0.2, 0.25) is 0 Å². The van der Waals surface area contributed by atoms with E-state index in [0.717, 1.165) is 28.6 Å². The smallest absolute Gasteiger partial charge is 0.182 e. The van der Waals surface area contributed by atoms with Crippen LogP contribution in [-0.2, 0) is 6.54 Å². The maximum Gasteiger partial charge on any atom is 0.182 e. The van der Waals surface area contributed by atoms with E-state index < -0.39 is 0 Å². The molecule has 8 nitrogen and oxygen atoms in total. The van der Waals surface area contributed by atoms with Gasteiger partial charge in [-0.2, -0.15) is 0 Å². The van der Waals surface area contributed by atoms with Crippen molar-refractivity contribution in [2.75, 3.05) is 4.90 Å². The molecule has 0 bridgehead atoms. The molecule has 1 fully saturated rings.